The molecule has 1 amide bonds. The number of carbonyl (C=O) groups is 4. The molecule has 0 aromatic heterocycles. The highest BCUT2D eigenvalue weighted by atomic mass is 16.5. The van der Waals surface area contributed by atoms with E-state index in [0.29, 0.717) is 26.4 Å². The molecule has 0 aromatic rings. The summed E-state index contributed by atoms with van der Waals surface area (Å²) < 4.78 is 10.6. The zero-order valence-electron chi connectivity index (χ0n) is 20.3. The molecule has 11 nitrogen and oxygen atoms in total. The number of ketones is 1. The van der Waals surface area contributed by atoms with Gasteiger partial charge in [0.15, 0.2) is 5.78 Å². The lowest BCUT2D eigenvalue weighted by molar-refractivity contribution is -0.145. The first kappa shape index (κ1) is 30.9. The van der Waals surface area contributed by atoms with Crippen LogP contribution in [0, 0.1) is 5.41 Å². The van der Waals surface area contributed by atoms with Crippen LogP contribution in [0.25, 0.3) is 0 Å². The van der Waals surface area contributed by atoms with Crippen molar-refractivity contribution in [3.05, 3.63) is 0 Å². The Hall–Kier alpha value is -2.08. The summed E-state index contributed by atoms with van der Waals surface area (Å²) in [4.78, 5) is 47.4. The predicted octanol–water partition coefficient (Wildman–Crippen LogP) is 0.578. The summed E-state index contributed by atoms with van der Waals surface area (Å²) in [7, 11) is 0. The van der Waals surface area contributed by atoms with E-state index in [1.54, 1.807) is 34.6 Å². The van der Waals surface area contributed by atoms with Gasteiger partial charge in [0.25, 0.3) is 0 Å². The van der Waals surface area contributed by atoms with Crippen LogP contribution in [-0.2, 0) is 28.7 Å². The molecule has 0 aromatic carbocycles. The lowest BCUT2D eigenvalue weighted by Gasteiger charge is -2.27. The number of hydrogen-bond donors (Lipinski definition) is 5. The van der Waals surface area contributed by atoms with Gasteiger partial charge in [-0.15, -0.1) is 0 Å². The van der Waals surface area contributed by atoms with Gasteiger partial charge in [-0.1, -0.05) is 13.8 Å². The van der Waals surface area contributed by atoms with Crippen molar-refractivity contribution in [2.45, 2.75) is 78.0 Å². The van der Waals surface area contributed by atoms with Crippen molar-refractivity contribution in [1.29, 1.82) is 0 Å². The number of carbonyl (C=O) groups excluding carboxylic acids is 2. The Kier molecular flexibility index (Phi) is 14.0. The maximum atomic E-state index is 12.6. The zero-order valence-corrected chi connectivity index (χ0v) is 20.3. The second kappa shape index (κ2) is 14.9. The molecule has 192 valence electrons. The Morgan fingerprint density at radius 1 is 0.939 bits per heavy atom. The van der Waals surface area contributed by atoms with Gasteiger partial charge < -0.3 is 35.4 Å². The summed E-state index contributed by atoms with van der Waals surface area (Å²) in [6.07, 6.45) is -0.839. The van der Waals surface area contributed by atoms with Crippen molar-refractivity contribution in [1.82, 2.24) is 10.6 Å². The van der Waals surface area contributed by atoms with Gasteiger partial charge in [-0.05, 0) is 33.6 Å². The molecule has 0 aliphatic heterocycles. The van der Waals surface area contributed by atoms with Crippen LogP contribution >= 0.6 is 0 Å². The molecular weight excluding hydrogens is 436 g/mol. The molecule has 0 rings (SSSR count). The molecule has 0 fully saturated rings. The smallest absolute Gasteiger partial charge is 0.326 e. The van der Waals surface area contributed by atoms with Crippen molar-refractivity contribution in [3.8, 4) is 0 Å². The van der Waals surface area contributed by atoms with Gasteiger partial charge in [0, 0.05) is 24.8 Å². The molecule has 2 atom stereocenters. The maximum absolute atomic E-state index is 12.6. The van der Waals surface area contributed by atoms with E-state index in [1.807, 2.05) is 0 Å². The van der Waals surface area contributed by atoms with Gasteiger partial charge in [0.05, 0.1) is 38.1 Å². The highest BCUT2D eigenvalue weighted by molar-refractivity contribution is 5.90. The van der Waals surface area contributed by atoms with Crippen LogP contribution in [0.4, 0.5) is 0 Å². The summed E-state index contributed by atoms with van der Waals surface area (Å²) in [6, 6.07) is -1.26. The van der Waals surface area contributed by atoms with E-state index in [-0.39, 0.29) is 38.1 Å². The van der Waals surface area contributed by atoms with Crippen LogP contribution in [0.3, 0.4) is 0 Å². The zero-order chi connectivity index (χ0) is 25.7. The summed E-state index contributed by atoms with van der Waals surface area (Å²) in [5.74, 6) is -3.09. The van der Waals surface area contributed by atoms with Crippen LogP contribution in [-0.4, -0.2) is 89.6 Å². The molecule has 0 saturated heterocycles. The SMILES string of the molecule is CC(O)COCCOCCNC(C)(C)C(=O)CC[C@H](NC(=O)C(C)(C)CCC(=O)O)C(=O)O. The first-order chi connectivity index (χ1) is 15.2. The van der Waals surface area contributed by atoms with E-state index < -0.39 is 40.9 Å². The molecule has 0 spiro atoms. The van der Waals surface area contributed by atoms with E-state index in [9.17, 15) is 24.3 Å². The lowest BCUT2D eigenvalue weighted by Crippen LogP contribution is -2.50. The largest absolute Gasteiger partial charge is 0.481 e. The Balaban J connectivity index is 4.48. The van der Waals surface area contributed by atoms with Crippen LogP contribution in [0.5, 0.6) is 0 Å². The minimum absolute atomic E-state index is 0.0607. The van der Waals surface area contributed by atoms with Gasteiger partial charge in [-0.3, -0.25) is 14.4 Å². The van der Waals surface area contributed by atoms with Crippen molar-refractivity contribution in [3.63, 3.8) is 0 Å². The Labute approximate surface area is 195 Å². The summed E-state index contributed by atoms with van der Waals surface area (Å²) >= 11 is 0. The normalized spacial score (nSPS) is 13.9. The highest BCUT2D eigenvalue weighted by Crippen LogP contribution is 2.23. The molecule has 0 heterocycles. The number of aliphatic hydroxyl groups excluding tert-OH is 1. The van der Waals surface area contributed by atoms with Crippen LogP contribution in [0.15, 0.2) is 0 Å². The first-order valence-corrected chi connectivity index (χ1v) is 11.1. The topological polar surface area (TPSA) is 171 Å². The van der Waals surface area contributed by atoms with E-state index in [0.717, 1.165) is 0 Å². The Morgan fingerprint density at radius 2 is 1.55 bits per heavy atom. The number of Topliss-reactive ketones (excluding diaryl/α,β-unsaturated/α-hetero) is 1. The van der Waals surface area contributed by atoms with Crippen LogP contribution in [0.2, 0.25) is 0 Å². The molecular formula is C22H40N2O9. The number of carboxylic acid groups (broad SMARTS) is 2. The number of aliphatic hydroxyl groups is 1. The number of aliphatic carboxylic acids is 2. The molecule has 0 saturated carbocycles. The predicted molar refractivity (Wildman–Crippen MR) is 120 cm³/mol. The van der Waals surface area contributed by atoms with Crippen LogP contribution in [0.1, 0.15) is 60.3 Å². The third-order valence-corrected chi connectivity index (χ3v) is 5.08. The number of carboxylic acids is 2. The third kappa shape index (κ3) is 13.9. The number of hydrogen-bond acceptors (Lipinski definition) is 8. The average Bonchev–Trinajstić information content (AvgIpc) is 2.70. The van der Waals surface area contributed by atoms with Gasteiger partial charge in [0.1, 0.15) is 6.04 Å². The monoisotopic (exact) mass is 476 g/mol. The summed E-state index contributed by atoms with van der Waals surface area (Å²) in [5.41, 5.74) is -1.97. The standard InChI is InChI=1S/C22H40N2O9/c1-15(25)14-33-13-12-32-11-10-23-22(4,5)17(26)7-6-16(19(29)30)24-20(31)21(2,3)9-8-18(27)28/h15-16,23,25H,6-14H2,1-5H3,(H,24,31)(H,27,28)(H,29,30)/t15?,16-/m0/s1. The highest BCUT2D eigenvalue weighted by Gasteiger charge is 2.33. The average molecular weight is 477 g/mol. The Bertz CT molecular complexity index is 648. The quantitative estimate of drug-likeness (QED) is 0.166. The van der Waals surface area contributed by atoms with E-state index in [1.165, 1.54) is 0 Å². The number of rotatable bonds is 19. The molecule has 11 heteroatoms. The minimum Gasteiger partial charge on any atom is -0.481 e. The fourth-order valence-corrected chi connectivity index (χ4v) is 2.74. The van der Waals surface area contributed by atoms with Gasteiger partial charge in [0.2, 0.25) is 5.91 Å². The van der Waals surface area contributed by atoms with Crippen molar-refractivity contribution < 1.29 is 44.0 Å². The van der Waals surface area contributed by atoms with E-state index in [2.05, 4.69) is 10.6 Å². The number of nitrogens with one attached hydrogen (secondary N) is 2. The molecule has 0 radical (unpaired) electrons. The molecule has 0 aliphatic rings. The van der Waals surface area contributed by atoms with Crippen molar-refractivity contribution >= 4 is 23.6 Å². The van der Waals surface area contributed by atoms with E-state index in [4.69, 9.17) is 19.7 Å². The van der Waals surface area contributed by atoms with Crippen molar-refractivity contribution in [2.75, 3.05) is 33.0 Å². The Morgan fingerprint density at radius 3 is 2.09 bits per heavy atom. The molecule has 5 N–H and O–H groups in total. The second-order valence-electron chi connectivity index (χ2n) is 9.19. The van der Waals surface area contributed by atoms with Gasteiger partial charge >= 0.3 is 11.9 Å². The van der Waals surface area contributed by atoms with E-state index >= 15 is 0 Å². The summed E-state index contributed by atoms with van der Waals surface area (Å²) in [5, 5.41) is 32.8. The fourth-order valence-electron chi connectivity index (χ4n) is 2.74. The van der Waals surface area contributed by atoms with Gasteiger partial charge in [-0.2, -0.15) is 0 Å². The molecule has 1 unspecified atom stereocenters. The lowest BCUT2D eigenvalue weighted by atomic mass is 9.86. The van der Waals surface area contributed by atoms with Crippen LogP contribution < -0.4 is 10.6 Å². The first-order valence-electron chi connectivity index (χ1n) is 11.1. The second-order valence-corrected chi connectivity index (χ2v) is 9.19. The maximum Gasteiger partial charge on any atom is 0.326 e. The van der Waals surface area contributed by atoms with Gasteiger partial charge in [-0.25, -0.2) is 4.79 Å². The summed E-state index contributed by atoms with van der Waals surface area (Å²) in [6.45, 7) is 9.76. The molecule has 0 aliphatic carbocycles. The fraction of sp³-hybridized carbons (Fsp3) is 0.818. The molecule has 0 bridgehead atoms. The minimum atomic E-state index is -1.26. The number of amides is 1. The molecule has 33 heavy (non-hydrogen) atoms. The number of ether oxygens (including phenoxy) is 2. The third-order valence-electron chi connectivity index (χ3n) is 5.08. The van der Waals surface area contributed by atoms with Crippen molar-refractivity contribution in [2.24, 2.45) is 5.41 Å².